The molecule has 0 saturated carbocycles. The van der Waals surface area contributed by atoms with Gasteiger partial charge in [0, 0.05) is 18.1 Å². The zero-order valence-electron chi connectivity index (χ0n) is 14.3. The first-order valence-electron chi connectivity index (χ1n) is 8.05. The Morgan fingerprint density at radius 3 is 2.00 bits per heavy atom. The van der Waals surface area contributed by atoms with Gasteiger partial charge in [-0.05, 0) is 0 Å². The fraction of sp³-hybridized carbons (Fsp3) is 0.500. The summed E-state index contributed by atoms with van der Waals surface area (Å²) in [5, 5.41) is 26.3. The molecule has 0 aromatic heterocycles. The third-order valence-corrected chi connectivity index (χ3v) is 3.32. The molecule has 0 spiro atoms. The number of aliphatic hydroxyl groups is 2. The van der Waals surface area contributed by atoms with Gasteiger partial charge in [-0.3, -0.25) is 0 Å². The van der Waals surface area contributed by atoms with E-state index >= 15 is 0 Å². The quantitative estimate of drug-likeness (QED) is 0.384. The van der Waals surface area contributed by atoms with Crippen LogP contribution in [0.2, 0.25) is 0 Å². The summed E-state index contributed by atoms with van der Waals surface area (Å²) in [6, 6.07) is 8.81. The summed E-state index contributed by atoms with van der Waals surface area (Å²) in [4.78, 5) is 9.25. The molecule has 0 radical (unpaired) electrons. The smallest absolute Gasteiger partial charge is 0.327 e. The molecule has 0 amide bonds. The molecule has 2 saturated heterocycles. The molecule has 2 atom stereocenters. The van der Waals surface area contributed by atoms with E-state index in [1.165, 1.54) is 0 Å². The van der Waals surface area contributed by atoms with Crippen LogP contribution in [-0.2, 0) is 24.8 Å². The molecule has 7 heteroatoms. The fourth-order valence-corrected chi connectivity index (χ4v) is 1.57. The lowest BCUT2D eigenvalue weighted by Gasteiger charge is -2.19. The minimum absolute atomic E-state index is 0.303. The molecule has 1 aromatic rings. The number of carbonyl (C=O) groups is 1. The van der Waals surface area contributed by atoms with Crippen molar-refractivity contribution in [2.75, 3.05) is 26.4 Å². The molecule has 7 nitrogen and oxygen atoms in total. The summed E-state index contributed by atoms with van der Waals surface area (Å²) in [6.07, 6.45) is 1.92. The highest BCUT2D eigenvalue weighted by Gasteiger charge is 2.26. The second kappa shape index (κ2) is 11.0. The van der Waals surface area contributed by atoms with Crippen LogP contribution >= 0.6 is 0 Å². The van der Waals surface area contributed by atoms with Crippen LogP contribution in [0, 0.1) is 0 Å². The van der Waals surface area contributed by atoms with Crippen molar-refractivity contribution in [2.24, 2.45) is 0 Å². The fourth-order valence-electron chi connectivity index (χ4n) is 1.57. The summed E-state index contributed by atoms with van der Waals surface area (Å²) < 4.78 is 15.1. The molecule has 0 bridgehead atoms. The van der Waals surface area contributed by atoms with Crippen molar-refractivity contribution < 1.29 is 34.3 Å². The summed E-state index contributed by atoms with van der Waals surface area (Å²) in [5.74, 6) is -2.65. The van der Waals surface area contributed by atoms with E-state index in [0.29, 0.717) is 24.2 Å². The van der Waals surface area contributed by atoms with E-state index in [2.05, 4.69) is 6.58 Å². The molecule has 0 aliphatic carbocycles. The highest BCUT2D eigenvalue weighted by Crippen LogP contribution is 2.20. The average molecular weight is 354 g/mol. The largest absolute Gasteiger partial charge is 0.478 e. The van der Waals surface area contributed by atoms with Gasteiger partial charge in [0.25, 0.3) is 0 Å². The molecule has 3 rings (SSSR count). The average Bonchev–Trinajstić information content (AvgIpc) is 3.52. The van der Waals surface area contributed by atoms with Gasteiger partial charge in [0.1, 0.15) is 12.2 Å². The van der Waals surface area contributed by atoms with E-state index in [9.17, 15) is 15.0 Å². The van der Waals surface area contributed by atoms with Crippen molar-refractivity contribution in [3.8, 4) is 0 Å². The maximum atomic E-state index is 9.35. The van der Waals surface area contributed by atoms with Gasteiger partial charge in [-0.15, -0.1) is 0 Å². The lowest BCUT2D eigenvalue weighted by Crippen LogP contribution is -2.23. The number of aliphatic carboxylic acids is 1. The summed E-state index contributed by atoms with van der Waals surface area (Å²) in [5.41, 5.74) is 0.544. The molecule has 140 valence electrons. The third-order valence-electron chi connectivity index (χ3n) is 3.32. The molecule has 1 aromatic carbocycles. The summed E-state index contributed by atoms with van der Waals surface area (Å²) in [7, 11) is 0. The van der Waals surface area contributed by atoms with E-state index < -0.39 is 11.8 Å². The first kappa shape index (κ1) is 21.3. The minimum Gasteiger partial charge on any atom is -0.478 e. The van der Waals surface area contributed by atoms with Crippen molar-refractivity contribution in [3.63, 3.8) is 0 Å². The monoisotopic (exact) mass is 354 g/mol. The van der Waals surface area contributed by atoms with Gasteiger partial charge in [-0.25, -0.2) is 4.79 Å². The van der Waals surface area contributed by atoms with Gasteiger partial charge in [0.15, 0.2) is 5.79 Å². The van der Waals surface area contributed by atoms with Crippen molar-refractivity contribution in [1.82, 2.24) is 0 Å². The minimum atomic E-state index is -1.67. The molecule has 2 fully saturated rings. The molecule has 2 aliphatic rings. The zero-order valence-corrected chi connectivity index (χ0v) is 14.3. The van der Waals surface area contributed by atoms with Crippen molar-refractivity contribution >= 4 is 5.97 Å². The SMILES string of the molecule is C(OCC1CO1)C1CO1.C=CC(=O)O.CCC(O)(O)c1ccccc1. The lowest BCUT2D eigenvalue weighted by atomic mass is 10.0. The van der Waals surface area contributed by atoms with Gasteiger partial charge in [-0.1, -0.05) is 43.8 Å². The molecule has 2 unspecified atom stereocenters. The second-order valence-corrected chi connectivity index (χ2v) is 5.53. The second-order valence-electron chi connectivity index (χ2n) is 5.53. The van der Waals surface area contributed by atoms with Gasteiger partial charge < -0.3 is 29.5 Å². The van der Waals surface area contributed by atoms with Gasteiger partial charge in [0.2, 0.25) is 0 Å². The van der Waals surface area contributed by atoms with E-state index in [-0.39, 0.29) is 0 Å². The standard InChI is InChI=1S/C9H12O2.C6H10O3.C3H4O2/c1-2-9(10,11)8-6-4-3-5-7-8;1(5-3-8-5)7-2-6-4-9-6;1-2-3(4)5/h3-7,10-11H,2H2,1H3;5-6H,1-4H2;2H,1H2,(H,4,5). The Hall–Kier alpha value is -1.77. The Morgan fingerprint density at radius 2 is 1.68 bits per heavy atom. The normalized spacial score (nSPS) is 20.3. The first-order chi connectivity index (χ1) is 11.9. The molecular formula is C18H26O7. The third kappa shape index (κ3) is 10.6. The number of carboxylic acid groups (broad SMARTS) is 1. The highest BCUT2D eigenvalue weighted by atomic mass is 16.6. The van der Waals surface area contributed by atoms with Crippen LogP contribution in [-0.4, -0.2) is 59.9 Å². The molecule has 25 heavy (non-hydrogen) atoms. The maximum Gasteiger partial charge on any atom is 0.327 e. The number of ether oxygens (including phenoxy) is 3. The number of rotatable bonds is 7. The number of carboxylic acids is 1. The predicted molar refractivity (Wildman–Crippen MR) is 91.0 cm³/mol. The molecule has 2 heterocycles. The van der Waals surface area contributed by atoms with Crippen LogP contribution in [0.25, 0.3) is 0 Å². The lowest BCUT2D eigenvalue weighted by molar-refractivity contribution is -0.171. The molecular weight excluding hydrogens is 328 g/mol. The van der Waals surface area contributed by atoms with E-state index in [1.54, 1.807) is 31.2 Å². The van der Waals surface area contributed by atoms with Crippen molar-refractivity contribution in [1.29, 1.82) is 0 Å². The highest BCUT2D eigenvalue weighted by molar-refractivity contribution is 5.78. The van der Waals surface area contributed by atoms with Crippen molar-refractivity contribution in [2.45, 2.75) is 31.3 Å². The summed E-state index contributed by atoms with van der Waals surface area (Å²) in [6.45, 7) is 7.95. The number of hydrogen-bond donors (Lipinski definition) is 3. The zero-order chi connectivity index (χ0) is 18.7. The van der Waals surface area contributed by atoms with Crippen molar-refractivity contribution in [3.05, 3.63) is 48.6 Å². The van der Waals surface area contributed by atoms with Crippen LogP contribution in [0.3, 0.4) is 0 Å². The van der Waals surface area contributed by atoms with Gasteiger partial charge in [0.05, 0.1) is 26.4 Å². The maximum absolute atomic E-state index is 9.35. The van der Waals surface area contributed by atoms with Crippen LogP contribution in [0.4, 0.5) is 0 Å². The molecule has 2 aliphatic heterocycles. The number of benzene rings is 1. The first-order valence-corrected chi connectivity index (χ1v) is 8.05. The van der Waals surface area contributed by atoms with E-state index in [4.69, 9.17) is 19.3 Å². The van der Waals surface area contributed by atoms with Gasteiger partial charge in [-0.2, -0.15) is 0 Å². The van der Waals surface area contributed by atoms with E-state index in [0.717, 1.165) is 32.5 Å². The Bertz CT molecular complexity index is 495. The Morgan fingerprint density at radius 1 is 1.24 bits per heavy atom. The van der Waals surface area contributed by atoms with Gasteiger partial charge >= 0.3 is 5.97 Å². The number of epoxide rings is 2. The van der Waals surface area contributed by atoms with Crippen LogP contribution in [0.15, 0.2) is 43.0 Å². The van der Waals surface area contributed by atoms with E-state index in [1.807, 2.05) is 6.07 Å². The molecule has 3 N–H and O–H groups in total. The Labute approximate surface area is 147 Å². The van der Waals surface area contributed by atoms with Crippen LogP contribution in [0.5, 0.6) is 0 Å². The number of hydrogen-bond acceptors (Lipinski definition) is 6. The van der Waals surface area contributed by atoms with Crippen LogP contribution < -0.4 is 0 Å². The van der Waals surface area contributed by atoms with Crippen LogP contribution in [0.1, 0.15) is 18.9 Å². The predicted octanol–water partition coefficient (Wildman–Crippen LogP) is 1.29. The summed E-state index contributed by atoms with van der Waals surface area (Å²) >= 11 is 0. The Balaban J connectivity index is 0.000000201. The topological polar surface area (TPSA) is 112 Å². The Kier molecular flexibility index (Phi) is 9.33.